The van der Waals surface area contributed by atoms with E-state index in [1.54, 1.807) is 30.0 Å². The highest BCUT2D eigenvalue weighted by molar-refractivity contribution is 7.84. The summed E-state index contributed by atoms with van der Waals surface area (Å²) < 4.78 is 11.4. The van der Waals surface area contributed by atoms with Crippen molar-refractivity contribution in [1.82, 2.24) is 9.97 Å². The van der Waals surface area contributed by atoms with Crippen LogP contribution in [0.2, 0.25) is 0 Å². The first-order chi connectivity index (χ1) is 10.7. The molecule has 1 unspecified atom stereocenters. The van der Waals surface area contributed by atoms with Gasteiger partial charge in [-0.2, -0.15) is 0 Å². The van der Waals surface area contributed by atoms with Gasteiger partial charge in [0.25, 0.3) is 0 Å². The second-order valence-electron chi connectivity index (χ2n) is 4.70. The summed E-state index contributed by atoms with van der Waals surface area (Å²) in [6.07, 6.45) is 5.12. The molecule has 0 aliphatic carbocycles. The molecule has 0 aliphatic heterocycles. The molecule has 1 N–H and O–H groups in total. The first-order valence-corrected chi connectivity index (χ1v) is 9.18. The molecule has 4 nitrogen and oxygen atoms in total. The van der Waals surface area contributed by atoms with Crippen LogP contribution in [0.15, 0.2) is 59.1 Å². The van der Waals surface area contributed by atoms with E-state index in [1.807, 2.05) is 30.3 Å². The third-order valence-corrected chi connectivity index (χ3v) is 4.95. The predicted molar refractivity (Wildman–Crippen MR) is 91.4 cm³/mol. The summed E-state index contributed by atoms with van der Waals surface area (Å²) in [5.74, 6) is 0.744. The van der Waals surface area contributed by atoms with E-state index in [4.69, 9.17) is 0 Å². The van der Waals surface area contributed by atoms with Gasteiger partial charge in [-0.05, 0) is 23.6 Å². The zero-order valence-electron chi connectivity index (χ0n) is 12.0. The van der Waals surface area contributed by atoms with E-state index >= 15 is 0 Å². The highest BCUT2D eigenvalue weighted by Gasteiger charge is 2.04. The molecule has 1 aromatic carbocycles. The Morgan fingerprint density at radius 1 is 1.18 bits per heavy atom. The quantitative estimate of drug-likeness (QED) is 0.778. The molecule has 3 aromatic rings. The Balaban J connectivity index is 1.76. The highest BCUT2D eigenvalue weighted by atomic mass is 32.2. The van der Waals surface area contributed by atoms with Crippen molar-refractivity contribution in [2.75, 3.05) is 11.6 Å². The maximum absolute atomic E-state index is 11.4. The van der Waals surface area contributed by atoms with Crippen LogP contribution in [0.4, 0.5) is 5.82 Å². The van der Waals surface area contributed by atoms with Gasteiger partial charge in [0.05, 0.1) is 24.6 Å². The summed E-state index contributed by atoms with van der Waals surface area (Å²) in [4.78, 5) is 10.9. The molecule has 0 saturated carbocycles. The lowest BCUT2D eigenvalue weighted by molar-refractivity contribution is 0.687. The van der Waals surface area contributed by atoms with Crippen LogP contribution in [0.25, 0.3) is 11.3 Å². The predicted octanol–water partition coefficient (Wildman–Crippen LogP) is 3.55. The van der Waals surface area contributed by atoms with Gasteiger partial charge in [0.2, 0.25) is 0 Å². The van der Waals surface area contributed by atoms with Gasteiger partial charge in [0.1, 0.15) is 5.82 Å². The summed E-state index contributed by atoms with van der Waals surface area (Å²) in [5, 5.41) is 5.33. The number of hydrogen-bond acceptors (Lipinski definition) is 5. The van der Waals surface area contributed by atoms with Crippen molar-refractivity contribution >= 4 is 28.0 Å². The van der Waals surface area contributed by atoms with Crippen molar-refractivity contribution in [2.45, 2.75) is 11.4 Å². The number of hydrogen-bond donors (Lipinski definition) is 1. The van der Waals surface area contributed by atoms with Crippen molar-refractivity contribution < 1.29 is 4.21 Å². The van der Waals surface area contributed by atoms with Gasteiger partial charge in [-0.3, -0.25) is 9.19 Å². The average Bonchev–Trinajstić information content (AvgIpc) is 3.07. The molecule has 0 aliphatic rings. The van der Waals surface area contributed by atoms with E-state index in [-0.39, 0.29) is 0 Å². The summed E-state index contributed by atoms with van der Waals surface area (Å²) >= 11 is 1.71. The largest absolute Gasteiger partial charge is 0.364 e. The van der Waals surface area contributed by atoms with Gasteiger partial charge in [0, 0.05) is 32.4 Å². The molecule has 22 heavy (non-hydrogen) atoms. The third-order valence-electron chi connectivity index (χ3n) is 3.14. The fourth-order valence-electron chi connectivity index (χ4n) is 2.00. The number of benzene rings is 1. The SMILES string of the molecule is CS(=O)c1ccc(-c2cncc(NCc3cccs3)n2)cc1. The van der Waals surface area contributed by atoms with Crippen molar-refractivity contribution in [2.24, 2.45) is 0 Å². The van der Waals surface area contributed by atoms with E-state index in [9.17, 15) is 4.21 Å². The summed E-state index contributed by atoms with van der Waals surface area (Å²) in [6.45, 7) is 0.740. The Morgan fingerprint density at radius 2 is 2.00 bits per heavy atom. The number of nitrogens with zero attached hydrogens (tertiary/aromatic N) is 2. The van der Waals surface area contributed by atoms with Gasteiger partial charge >= 0.3 is 0 Å². The lowest BCUT2D eigenvalue weighted by Gasteiger charge is -2.06. The first kappa shape index (κ1) is 14.9. The minimum atomic E-state index is -0.966. The molecular weight excluding hydrogens is 314 g/mol. The van der Waals surface area contributed by atoms with Crippen LogP contribution in [0, 0.1) is 0 Å². The topological polar surface area (TPSA) is 54.9 Å². The molecule has 6 heteroatoms. The molecule has 0 bridgehead atoms. The smallest absolute Gasteiger partial charge is 0.145 e. The summed E-state index contributed by atoms with van der Waals surface area (Å²) in [5.41, 5.74) is 1.76. The standard InChI is InChI=1S/C16H15N3OS2/c1-22(20)14-6-4-12(5-7-14)15-10-17-11-16(19-15)18-9-13-3-2-8-21-13/h2-8,10-11H,9H2,1H3,(H,18,19). The molecule has 0 fully saturated rings. The molecule has 112 valence electrons. The molecule has 2 aromatic heterocycles. The van der Waals surface area contributed by atoms with Crippen LogP contribution in [-0.2, 0) is 17.3 Å². The van der Waals surface area contributed by atoms with E-state index in [2.05, 4.69) is 26.7 Å². The third kappa shape index (κ3) is 3.58. The second-order valence-corrected chi connectivity index (χ2v) is 7.11. The fourth-order valence-corrected chi connectivity index (χ4v) is 3.16. The number of nitrogens with one attached hydrogen (secondary N) is 1. The zero-order chi connectivity index (χ0) is 15.4. The second kappa shape index (κ2) is 6.81. The maximum atomic E-state index is 11.4. The average molecular weight is 329 g/mol. The molecule has 1 atom stereocenters. The van der Waals surface area contributed by atoms with Crippen molar-refractivity contribution in [3.05, 3.63) is 59.0 Å². The minimum Gasteiger partial charge on any atom is -0.364 e. The van der Waals surface area contributed by atoms with Crippen LogP contribution in [0.1, 0.15) is 4.88 Å². The van der Waals surface area contributed by atoms with E-state index in [0.29, 0.717) is 0 Å². The molecule has 0 radical (unpaired) electrons. The zero-order valence-corrected chi connectivity index (χ0v) is 13.7. The Labute approximate surface area is 135 Å². The number of thiophene rings is 1. The number of anilines is 1. The Bertz CT molecular complexity index is 770. The minimum absolute atomic E-state index is 0.740. The van der Waals surface area contributed by atoms with Crippen molar-refractivity contribution in [3.8, 4) is 11.3 Å². The lowest BCUT2D eigenvalue weighted by Crippen LogP contribution is -2.01. The van der Waals surface area contributed by atoms with Crippen LogP contribution in [0.5, 0.6) is 0 Å². The van der Waals surface area contributed by atoms with Gasteiger partial charge in [-0.15, -0.1) is 11.3 Å². The Kier molecular flexibility index (Phi) is 4.60. The van der Waals surface area contributed by atoms with Crippen molar-refractivity contribution in [1.29, 1.82) is 0 Å². The summed E-state index contributed by atoms with van der Waals surface area (Å²) in [6, 6.07) is 11.7. The van der Waals surface area contributed by atoms with E-state index in [1.165, 1.54) is 4.88 Å². The van der Waals surface area contributed by atoms with Crippen LogP contribution >= 0.6 is 11.3 Å². The van der Waals surface area contributed by atoms with Crippen LogP contribution < -0.4 is 5.32 Å². The monoisotopic (exact) mass is 329 g/mol. The van der Waals surface area contributed by atoms with Gasteiger partial charge in [0.15, 0.2) is 0 Å². The summed E-state index contributed by atoms with van der Waals surface area (Å²) in [7, 11) is -0.966. The van der Waals surface area contributed by atoms with Crippen LogP contribution in [-0.4, -0.2) is 20.4 Å². The molecule has 0 spiro atoms. The molecule has 0 amide bonds. The van der Waals surface area contributed by atoms with Crippen LogP contribution in [0.3, 0.4) is 0 Å². The maximum Gasteiger partial charge on any atom is 0.145 e. The molecule has 0 saturated heterocycles. The normalized spacial score (nSPS) is 12.0. The van der Waals surface area contributed by atoms with E-state index in [0.717, 1.165) is 28.5 Å². The molecule has 2 heterocycles. The molecular formula is C16H15N3OS2. The number of aromatic nitrogens is 2. The van der Waals surface area contributed by atoms with Crippen molar-refractivity contribution in [3.63, 3.8) is 0 Å². The molecule has 3 rings (SSSR count). The number of rotatable bonds is 5. The van der Waals surface area contributed by atoms with Gasteiger partial charge in [-0.25, -0.2) is 4.98 Å². The highest BCUT2D eigenvalue weighted by Crippen LogP contribution is 2.20. The fraction of sp³-hybridized carbons (Fsp3) is 0.125. The Morgan fingerprint density at radius 3 is 2.68 bits per heavy atom. The van der Waals surface area contributed by atoms with Gasteiger partial charge in [-0.1, -0.05) is 18.2 Å². The van der Waals surface area contributed by atoms with E-state index < -0.39 is 10.8 Å². The first-order valence-electron chi connectivity index (χ1n) is 6.74. The Hall–Kier alpha value is -2.05. The van der Waals surface area contributed by atoms with Gasteiger partial charge < -0.3 is 5.32 Å². The lowest BCUT2D eigenvalue weighted by atomic mass is 10.2.